The van der Waals surface area contributed by atoms with Gasteiger partial charge in [0.1, 0.15) is 5.84 Å². The maximum absolute atomic E-state index is 11.3. The number of rotatable bonds is 2. The summed E-state index contributed by atoms with van der Waals surface area (Å²) in [5.74, 6) is 1.02. The molecular weight excluding hydrogens is 230 g/mol. The lowest BCUT2D eigenvalue weighted by atomic mass is 9.95. The molecule has 3 amide bonds. The van der Waals surface area contributed by atoms with E-state index in [0.29, 0.717) is 18.2 Å². The number of amidine groups is 1. The summed E-state index contributed by atoms with van der Waals surface area (Å²) in [5, 5.41) is 4.75. The van der Waals surface area contributed by atoms with E-state index in [1.165, 1.54) is 38.5 Å². The van der Waals surface area contributed by atoms with Crippen LogP contribution in [0, 0.1) is 5.92 Å². The summed E-state index contributed by atoms with van der Waals surface area (Å²) in [6, 6.07) is -0.495. The van der Waals surface area contributed by atoms with Crippen molar-refractivity contribution in [2.45, 2.75) is 51.4 Å². The van der Waals surface area contributed by atoms with Crippen LogP contribution in [0.25, 0.3) is 0 Å². The molecule has 5 heteroatoms. The van der Waals surface area contributed by atoms with Crippen molar-refractivity contribution in [3.63, 3.8) is 0 Å². The molecule has 1 saturated carbocycles. The SMILES string of the molecule is CN=C(NC(=O)NC=O)C1CCCCCCCC1. The predicted octanol–water partition coefficient (Wildman–Crippen LogP) is 2.22. The summed E-state index contributed by atoms with van der Waals surface area (Å²) < 4.78 is 0. The molecule has 18 heavy (non-hydrogen) atoms. The number of carbonyl (C=O) groups is 2. The van der Waals surface area contributed by atoms with Crippen molar-refractivity contribution in [2.24, 2.45) is 10.9 Å². The summed E-state index contributed by atoms with van der Waals surface area (Å²) in [6.45, 7) is 0. The van der Waals surface area contributed by atoms with E-state index in [1.54, 1.807) is 7.05 Å². The Balaban J connectivity index is 2.55. The molecule has 0 saturated heterocycles. The molecule has 2 N–H and O–H groups in total. The molecule has 102 valence electrons. The molecular formula is C13H23N3O2. The highest BCUT2D eigenvalue weighted by molar-refractivity contribution is 6.01. The summed E-state index contributed by atoms with van der Waals surface area (Å²) in [7, 11) is 1.68. The van der Waals surface area contributed by atoms with Gasteiger partial charge in [0.2, 0.25) is 6.41 Å². The van der Waals surface area contributed by atoms with Gasteiger partial charge in [0, 0.05) is 13.0 Å². The van der Waals surface area contributed by atoms with Crippen molar-refractivity contribution < 1.29 is 9.59 Å². The molecule has 5 nitrogen and oxygen atoms in total. The van der Waals surface area contributed by atoms with Crippen molar-refractivity contribution in [1.29, 1.82) is 0 Å². The van der Waals surface area contributed by atoms with E-state index in [1.807, 2.05) is 0 Å². The molecule has 0 heterocycles. The Kier molecular flexibility index (Phi) is 7.06. The smallest absolute Gasteiger partial charge is 0.296 e. The Morgan fingerprint density at radius 3 is 2.17 bits per heavy atom. The standard InChI is InChI=1S/C13H23N3O2/c1-14-12(16-13(18)15-10-17)11-8-6-4-2-3-5-7-9-11/h10-11H,2-9H2,1H3,(H2,14,15,16,17,18). The predicted molar refractivity (Wildman–Crippen MR) is 71.5 cm³/mol. The van der Waals surface area contributed by atoms with Crippen molar-refractivity contribution in [3.8, 4) is 0 Å². The van der Waals surface area contributed by atoms with E-state index in [4.69, 9.17) is 0 Å². The average molecular weight is 253 g/mol. The molecule has 0 atom stereocenters. The second-order valence-corrected chi connectivity index (χ2v) is 4.72. The van der Waals surface area contributed by atoms with Crippen LogP contribution in [0.3, 0.4) is 0 Å². The molecule has 0 bridgehead atoms. The van der Waals surface area contributed by atoms with Gasteiger partial charge in [-0.1, -0.05) is 38.5 Å². The number of imide groups is 1. The number of nitrogens with zero attached hydrogens (tertiary/aromatic N) is 1. The number of carbonyl (C=O) groups excluding carboxylic acids is 2. The van der Waals surface area contributed by atoms with Crippen molar-refractivity contribution in [1.82, 2.24) is 10.6 Å². The first-order chi connectivity index (χ1) is 8.77. The van der Waals surface area contributed by atoms with Gasteiger partial charge in [0.25, 0.3) is 0 Å². The van der Waals surface area contributed by atoms with Gasteiger partial charge in [-0.2, -0.15) is 0 Å². The fraction of sp³-hybridized carbons (Fsp3) is 0.769. The lowest BCUT2D eigenvalue weighted by molar-refractivity contribution is -0.108. The zero-order chi connectivity index (χ0) is 13.2. The van der Waals surface area contributed by atoms with E-state index in [-0.39, 0.29) is 0 Å². The van der Waals surface area contributed by atoms with Gasteiger partial charge in [-0.15, -0.1) is 0 Å². The van der Waals surface area contributed by atoms with Crippen LogP contribution in [-0.4, -0.2) is 25.3 Å². The minimum Gasteiger partial charge on any atom is -0.296 e. The van der Waals surface area contributed by atoms with Crippen LogP contribution in [0.15, 0.2) is 4.99 Å². The molecule has 1 rings (SSSR count). The topological polar surface area (TPSA) is 70.6 Å². The first kappa shape index (κ1) is 14.7. The molecule has 1 aliphatic carbocycles. The van der Waals surface area contributed by atoms with E-state index < -0.39 is 6.03 Å². The van der Waals surface area contributed by atoms with Crippen LogP contribution >= 0.6 is 0 Å². The van der Waals surface area contributed by atoms with Gasteiger partial charge in [0.15, 0.2) is 0 Å². The van der Waals surface area contributed by atoms with Crippen LogP contribution in [0.2, 0.25) is 0 Å². The fourth-order valence-corrected chi connectivity index (χ4v) is 2.45. The number of amides is 3. The van der Waals surface area contributed by atoms with Crippen LogP contribution in [0.1, 0.15) is 51.4 Å². The Bertz CT molecular complexity index is 293. The molecule has 0 aromatic heterocycles. The van der Waals surface area contributed by atoms with Gasteiger partial charge in [-0.25, -0.2) is 4.79 Å². The summed E-state index contributed by atoms with van der Waals surface area (Å²) in [5.41, 5.74) is 0. The number of hydrogen-bond acceptors (Lipinski definition) is 3. The quantitative estimate of drug-likeness (QED) is 0.450. The van der Waals surface area contributed by atoms with Gasteiger partial charge >= 0.3 is 6.03 Å². The van der Waals surface area contributed by atoms with Gasteiger partial charge in [0.05, 0.1) is 0 Å². The summed E-state index contributed by atoms with van der Waals surface area (Å²) >= 11 is 0. The average Bonchev–Trinajstić information content (AvgIpc) is 2.49. The summed E-state index contributed by atoms with van der Waals surface area (Å²) in [4.78, 5) is 25.7. The highest BCUT2D eigenvalue weighted by atomic mass is 16.2. The summed E-state index contributed by atoms with van der Waals surface area (Å²) in [6.07, 6.45) is 10.0. The molecule has 0 radical (unpaired) electrons. The Labute approximate surface area is 108 Å². The molecule has 0 spiro atoms. The Morgan fingerprint density at radius 1 is 1.11 bits per heavy atom. The maximum atomic E-state index is 11.3. The number of urea groups is 1. The second-order valence-electron chi connectivity index (χ2n) is 4.72. The highest BCUT2D eigenvalue weighted by Crippen LogP contribution is 2.22. The minimum atomic E-state index is -0.495. The molecule has 0 aromatic rings. The number of nitrogens with one attached hydrogen (secondary N) is 2. The normalized spacial score (nSPS) is 19.3. The number of hydrogen-bond donors (Lipinski definition) is 2. The largest absolute Gasteiger partial charge is 0.326 e. The highest BCUT2D eigenvalue weighted by Gasteiger charge is 2.18. The maximum Gasteiger partial charge on any atom is 0.326 e. The number of aliphatic imine (C=N–C) groups is 1. The van der Waals surface area contributed by atoms with E-state index in [9.17, 15) is 9.59 Å². The van der Waals surface area contributed by atoms with E-state index in [2.05, 4.69) is 15.6 Å². The second kappa shape index (κ2) is 8.66. The zero-order valence-corrected chi connectivity index (χ0v) is 11.1. The monoisotopic (exact) mass is 253 g/mol. The van der Waals surface area contributed by atoms with Crippen molar-refractivity contribution in [3.05, 3.63) is 0 Å². The Morgan fingerprint density at radius 2 is 1.67 bits per heavy atom. The first-order valence-corrected chi connectivity index (χ1v) is 6.75. The van der Waals surface area contributed by atoms with Crippen molar-refractivity contribution in [2.75, 3.05) is 7.05 Å². The van der Waals surface area contributed by atoms with Crippen molar-refractivity contribution >= 4 is 18.3 Å². The van der Waals surface area contributed by atoms with Crippen LogP contribution in [0.4, 0.5) is 4.79 Å². The third-order valence-electron chi connectivity index (χ3n) is 3.41. The molecule has 1 fully saturated rings. The van der Waals surface area contributed by atoms with Gasteiger partial charge < -0.3 is 0 Å². The Hall–Kier alpha value is -1.39. The lowest BCUT2D eigenvalue weighted by Gasteiger charge is -2.18. The molecule has 0 aliphatic heterocycles. The minimum absolute atomic E-state index is 0.311. The molecule has 1 aliphatic rings. The van der Waals surface area contributed by atoms with Crippen LogP contribution in [-0.2, 0) is 4.79 Å². The molecule has 0 aromatic carbocycles. The zero-order valence-electron chi connectivity index (χ0n) is 11.1. The lowest BCUT2D eigenvalue weighted by Crippen LogP contribution is -2.42. The van der Waals surface area contributed by atoms with Gasteiger partial charge in [-0.3, -0.25) is 20.4 Å². The van der Waals surface area contributed by atoms with Crippen LogP contribution in [0.5, 0.6) is 0 Å². The third kappa shape index (κ3) is 5.29. The van der Waals surface area contributed by atoms with E-state index >= 15 is 0 Å². The van der Waals surface area contributed by atoms with Gasteiger partial charge in [-0.05, 0) is 12.8 Å². The third-order valence-corrected chi connectivity index (χ3v) is 3.41. The first-order valence-electron chi connectivity index (χ1n) is 6.75. The fourth-order valence-electron chi connectivity index (χ4n) is 2.45. The van der Waals surface area contributed by atoms with Crippen LogP contribution < -0.4 is 10.6 Å². The van der Waals surface area contributed by atoms with E-state index in [0.717, 1.165) is 12.8 Å². The molecule has 0 unspecified atom stereocenters.